The molecule has 0 saturated carbocycles. The summed E-state index contributed by atoms with van der Waals surface area (Å²) in [4.78, 5) is 0. The Balaban J connectivity index is 3.43. The normalized spacial score (nSPS) is 12.0. The molecule has 0 aliphatic rings. The third-order valence-corrected chi connectivity index (χ3v) is 4.31. The minimum Gasteiger partial charge on any atom is -0.417 e. The number of unbranched alkanes of at least 4 members (excludes halogenated alkanes) is 1. The highest BCUT2D eigenvalue weighted by Crippen LogP contribution is 2.14. The van der Waals surface area contributed by atoms with Crippen molar-refractivity contribution in [3.8, 4) is 0 Å². The molecule has 0 bridgehead atoms. The zero-order valence-corrected chi connectivity index (χ0v) is 9.15. The summed E-state index contributed by atoms with van der Waals surface area (Å²) >= 11 is 0. The summed E-state index contributed by atoms with van der Waals surface area (Å²) in [6, 6.07) is 1.30. The molecule has 0 aliphatic carbocycles. The fraction of sp³-hybridized carbons (Fsp3) is 0.889. The summed E-state index contributed by atoms with van der Waals surface area (Å²) in [7, 11) is -1.29. The molecule has 0 unspecified atom stereocenters. The van der Waals surface area contributed by atoms with Crippen LogP contribution in [-0.2, 0) is 4.43 Å². The Labute approximate surface area is 72.3 Å². The number of rotatable bonds is 6. The van der Waals surface area contributed by atoms with Crippen LogP contribution >= 0.6 is 0 Å². The van der Waals surface area contributed by atoms with Gasteiger partial charge in [0.2, 0.25) is 0 Å². The summed E-state index contributed by atoms with van der Waals surface area (Å²) in [5.74, 6) is 0. The van der Waals surface area contributed by atoms with Crippen LogP contribution in [0.15, 0.2) is 0 Å². The van der Waals surface area contributed by atoms with E-state index in [4.69, 9.17) is 4.43 Å². The van der Waals surface area contributed by atoms with Crippen molar-refractivity contribution >= 4 is 8.32 Å². The van der Waals surface area contributed by atoms with Crippen molar-refractivity contribution in [1.82, 2.24) is 0 Å². The highest BCUT2D eigenvalue weighted by atomic mass is 28.4. The first-order chi connectivity index (χ1) is 5.12. The summed E-state index contributed by atoms with van der Waals surface area (Å²) in [5, 5.41) is 0. The SMILES string of the molecule is [CH2]CCO[Si](C)(C)CCCC. The van der Waals surface area contributed by atoms with Gasteiger partial charge in [-0.05, 0) is 25.6 Å². The van der Waals surface area contributed by atoms with Crippen molar-refractivity contribution < 1.29 is 4.43 Å². The molecule has 1 nitrogen and oxygen atoms in total. The highest BCUT2D eigenvalue weighted by molar-refractivity contribution is 6.71. The maximum Gasteiger partial charge on any atom is 0.186 e. The molecular formula is C9H21OSi. The lowest BCUT2D eigenvalue weighted by atomic mass is 10.4. The van der Waals surface area contributed by atoms with Crippen LogP contribution in [0.1, 0.15) is 26.2 Å². The van der Waals surface area contributed by atoms with Gasteiger partial charge in [-0.15, -0.1) is 0 Å². The van der Waals surface area contributed by atoms with Gasteiger partial charge in [0.05, 0.1) is 0 Å². The van der Waals surface area contributed by atoms with E-state index < -0.39 is 8.32 Å². The zero-order valence-electron chi connectivity index (χ0n) is 8.15. The van der Waals surface area contributed by atoms with Gasteiger partial charge in [0.15, 0.2) is 8.32 Å². The lowest BCUT2D eigenvalue weighted by Gasteiger charge is -2.21. The minimum atomic E-state index is -1.29. The van der Waals surface area contributed by atoms with Crippen molar-refractivity contribution in [3.63, 3.8) is 0 Å². The number of hydrogen-bond donors (Lipinski definition) is 0. The van der Waals surface area contributed by atoms with Gasteiger partial charge in [-0.3, -0.25) is 0 Å². The predicted octanol–water partition coefficient (Wildman–Crippen LogP) is 3.23. The first kappa shape index (κ1) is 11.2. The minimum absolute atomic E-state index is 0.850. The Bertz CT molecular complexity index is 81.6. The average Bonchev–Trinajstić information content (AvgIpc) is 1.97. The third kappa shape index (κ3) is 6.57. The van der Waals surface area contributed by atoms with Crippen molar-refractivity contribution in [2.75, 3.05) is 6.61 Å². The molecule has 0 aromatic carbocycles. The fourth-order valence-corrected chi connectivity index (χ4v) is 3.07. The van der Waals surface area contributed by atoms with Crippen LogP contribution in [0, 0.1) is 6.92 Å². The monoisotopic (exact) mass is 173 g/mol. The molecule has 11 heavy (non-hydrogen) atoms. The summed E-state index contributed by atoms with van der Waals surface area (Å²) in [5.41, 5.74) is 0. The molecule has 0 aromatic heterocycles. The summed E-state index contributed by atoms with van der Waals surface area (Å²) in [6.07, 6.45) is 3.50. The van der Waals surface area contributed by atoms with E-state index in [2.05, 4.69) is 26.9 Å². The van der Waals surface area contributed by atoms with Gasteiger partial charge < -0.3 is 4.43 Å². The van der Waals surface area contributed by atoms with Gasteiger partial charge in [0.1, 0.15) is 0 Å². The Morgan fingerprint density at radius 3 is 2.45 bits per heavy atom. The summed E-state index contributed by atoms with van der Waals surface area (Å²) in [6.45, 7) is 11.4. The van der Waals surface area contributed by atoms with Gasteiger partial charge in [-0.25, -0.2) is 0 Å². The molecule has 0 spiro atoms. The molecule has 1 radical (unpaired) electrons. The largest absolute Gasteiger partial charge is 0.417 e. The van der Waals surface area contributed by atoms with Gasteiger partial charge in [0, 0.05) is 6.61 Å². The van der Waals surface area contributed by atoms with E-state index >= 15 is 0 Å². The second-order valence-corrected chi connectivity index (χ2v) is 7.87. The molecule has 0 fully saturated rings. The third-order valence-electron chi connectivity index (χ3n) is 1.77. The number of hydrogen-bond acceptors (Lipinski definition) is 1. The van der Waals surface area contributed by atoms with Crippen molar-refractivity contribution in [2.45, 2.75) is 45.3 Å². The van der Waals surface area contributed by atoms with Gasteiger partial charge in [-0.2, -0.15) is 0 Å². The Morgan fingerprint density at radius 1 is 1.36 bits per heavy atom. The quantitative estimate of drug-likeness (QED) is 0.560. The van der Waals surface area contributed by atoms with E-state index in [0.717, 1.165) is 13.0 Å². The van der Waals surface area contributed by atoms with Crippen LogP contribution in [0.3, 0.4) is 0 Å². The molecule has 0 saturated heterocycles. The molecular weight excluding hydrogens is 152 g/mol. The van der Waals surface area contributed by atoms with E-state index in [9.17, 15) is 0 Å². The van der Waals surface area contributed by atoms with E-state index in [1.165, 1.54) is 18.9 Å². The average molecular weight is 173 g/mol. The van der Waals surface area contributed by atoms with Gasteiger partial charge in [-0.1, -0.05) is 26.7 Å². The van der Waals surface area contributed by atoms with E-state index in [1.54, 1.807) is 0 Å². The van der Waals surface area contributed by atoms with Crippen LogP contribution < -0.4 is 0 Å². The lowest BCUT2D eigenvalue weighted by molar-refractivity contribution is 0.312. The smallest absolute Gasteiger partial charge is 0.186 e. The predicted molar refractivity (Wildman–Crippen MR) is 53.1 cm³/mol. The van der Waals surface area contributed by atoms with E-state index in [-0.39, 0.29) is 0 Å². The van der Waals surface area contributed by atoms with Crippen LogP contribution in [0.25, 0.3) is 0 Å². The topological polar surface area (TPSA) is 9.23 Å². The van der Waals surface area contributed by atoms with Crippen LogP contribution in [0.4, 0.5) is 0 Å². The van der Waals surface area contributed by atoms with Crippen LogP contribution in [0.2, 0.25) is 19.1 Å². The lowest BCUT2D eigenvalue weighted by Crippen LogP contribution is -2.30. The highest BCUT2D eigenvalue weighted by Gasteiger charge is 2.20. The summed E-state index contributed by atoms with van der Waals surface area (Å²) < 4.78 is 5.76. The van der Waals surface area contributed by atoms with Crippen LogP contribution in [-0.4, -0.2) is 14.9 Å². The standard InChI is InChI=1S/C9H21OSi/c1-5-7-9-11(3,4)10-8-6-2/h2,5-9H2,1,3-4H3. The molecule has 0 aliphatic heterocycles. The van der Waals surface area contributed by atoms with E-state index in [0.29, 0.717) is 0 Å². The first-order valence-electron chi connectivity index (χ1n) is 4.55. The molecule has 0 rings (SSSR count). The van der Waals surface area contributed by atoms with E-state index in [1.807, 2.05) is 0 Å². The zero-order chi connectivity index (χ0) is 8.74. The van der Waals surface area contributed by atoms with Gasteiger partial charge >= 0.3 is 0 Å². The maximum atomic E-state index is 5.76. The first-order valence-corrected chi connectivity index (χ1v) is 7.67. The molecule has 2 heteroatoms. The Morgan fingerprint density at radius 2 is 2.00 bits per heavy atom. The molecule has 0 atom stereocenters. The molecule has 0 amide bonds. The van der Waals surface area contributed by atoms with Crippen molar-refractivity contribution in [3.05, 3.63) is 6.92 Å². The van der Waals surface area contributed by atoms with Gasteiger partial charge in [0.25, 0.3) is 0 Å². The Kier molecular flexibility index (Phi) is 5.87. The maximum absolute atomic E-state index is 5.76. The Hall–Kier alpha value is 0.177. The molecule has 0 heterocycles. The fourth-order valence-electron chi connectivity index (χ4n) is 1.02. The molecule has 67 valence electrons. The second-order valence-electron chi connectivity index (χ2n) is 3.57. The molecule has 0 aromatic rings. The van der Waals surface area contributed by atoms with Crippen molar-refractivity contribution in [1.29, 1.82) is 0 Å². The molecule has 0 N–H and O–H groups in total. The van der Waals surface area contributed by atoms with Crippen molar-refractivity contribution in [2.24, 2.45) is 0 Å². The second kappa shape index (κ2) is 5.78. The van der Waals surface area contributed by atoms with Crippen LogP contribution in [0.5, 0.6) is 0 Å².